The van der Waals surface area contributed by atoms with Gasteiger partial charge in [-0.15, -0.1) is 0 Å². The second-order valence-corrected chi connectivity index (χ2v) is 7.11. The number of rotatable bonds is 6. The lowest BCUT2D eigenvalue weighted by Crippen LogP contribution is -2.39. The molecule has 1 amide bonds. The summed E-state index contributed by atoms with van der Waals surface area (Å²) in [6.07, 6.45) is 1.78. The molecule has 2 aromatic carbocycles. The predicted molar refractivity (Wildman–Crippen MR) is 114 cm³/mol. The molecule has 0 aliphatic carbocycles. The van der Waals surface area contributed by atoms with Crippen LogP contribution in [-0.2, 0) is 9.53 Å². The fraction of sp³-hybridized carbons (Fsp3) is 0.318. The van der Waals surface area contributed by atoms with Gasteiger partial charge in [0.2, 0.25) is 0 Å². The number of amides is 1. The van der Waals surface area contributed by atoms with Crippen LogP contribution in [0.3, 0.4) is 0 Å². The minimum atomic E-state index is -0.0770. The van der Waals surface area contributed by atoms with Crippen LogP contribution >= 0.6 is 0 Å². The van der Waals surface area contributed by atoms with Gasteiger partial charge in [-0.25, -0.2) is 0 Å². The summed E-state index contributed by atoms with van der Waals surface area (Å²) < 4.78 is 5.38. The Hall–Kier alpha value is -2.83. The van der Waals surface area contributed by atoms with E-state index in [4.69, 9.17) is 4.74 Å². The topological polar surface area (TPSA) is 65.6 Å². The highest BCUT2D eigenvalue weighted by Crippen LogP contribution is 2.31. The minimum absolute atomic E-state index is 0.0770. The first-order chi connectivity index (χ1) is 13.7. The van der Waals surface area contributed by atoms with Gasteiger partial charge in [-0.3, -0.25) is 9.69 Å². The van der Waals surface area contributed by atoms with Crippen molar-refractivity contribution < 1.29 is 9.53 Å². The minimum Gasteiger partial charge on any atom is -0.384 e. The number of hydrogen-bond donors (Lipinski definition) is 3. The molecule has 2 heterocycles. The van der Waals surface area contributed by atoms with Crippen molar-refractivity contribution in [1.29, 1.82) is 0 Å². The second kappa shape index (κ2) is 8.46. The molecular formula is C22H26N4O2. The van der Waals surface area contributed by atoms with Crippen LogP contribution in [0, 0.1) is 6.92 Å². The molecule has 0 radical (unpaired) electrons. The molecule has 0 atom stereocenters. The summed E-state index contributed by atoms with van der Waals surface area (Å²) in [6.45, 7) is 7.70. The number of aryl methyl sites for hydroxylation is 1. The first-order valence-corrected chi connectivity index (χ1v) is 9.73. The molecule has 0 spiro atoms. The predicted octanol–water partition coefficient (Wildman–Crippen LogP) is 3.14. The highest BCUT2D eigenvalue weighted by atomic mass is 16.5. The van der Waals surface area contributed by atoms with Crippen LogP contribution in [0.15, 0.2) is 48.7 Å². The molecule has 0 bridgehead atoms. The third-order valence-corrected chi connectivity index (χ3v) is 5.17. The van der Waals surface area contributed by atoms with E-state index in [1.165, 1.54) is 5.56 Å². The summed E-state index contributed by atoms with van der Waals surface area (Å²) >= 11 is 0. The van der Waals surface area contributed by atoms with Crippen molar-refractivity contribution in [1.82, 2.24) is 4.90 Å². The molecule has 1 fully saturated rings. The average Bonchev–Trinajstić information content (AvgIpc) is 3.04. The van der Waals surface area contributed by atoms with Gasteiger partial charge in [-0.05, 0) is 36.8 Å². The fourth-order valence-electron chi connectivity index (χ4n) is 3.56. The first kappa shape index (κ1) is 18.5. The van der Waals surface area contributed by atoms with Crippen molar-refractivity contribution in [2.75, 3.05) is 55.3 Å². The van der Waals surface area contributed by atoms with Gasteiger partial charge in [-0.1, -0.05) is 18.2 Å². The summed E-state index contributed by atoms with van der Waals surface area (Å²) in [7, 11) is 0. The van der Waals surface area contributed by atoms with Gasteiger partial charge in [0.05, 0.1) is 18.8 Å². The van der Waals surface area contributed by atoms with E-state index in [0.29, 0.717) is 5.57 Å². The van der Waals surface area contributed by atoms with Crippen molar-refractivity contribution in [3.63, 3.8) is 0 Å². The number of hydrogen-bond acceptors (Lipinski definition) is 5. The molecule has 6 nitrogen and oxygen atoms in total. The molecule has 1 saturated heterocycles. The number of para-hydroxylation sites is 1. The Morgan fingerprint density at radius 2 is 2.00 bits per heavy atom. The maximum Gasteiger partial charge on any atom is 0.257 e. The lowest BCUT2D eigenvalue weighted by Gasteiger charge is -2.26. The summed E-state index contributed by atoms with van der Waals surface area (Å²) in [4.78, 5) is 14.6. The number of nitrogens with one attached hydrogen (secondary N) is 3. The summed E-state index contributed by atoms with van der Waals surface area (Å²) in [6, 6.07) is 13.9. The van der Waals surface area contributed by atoms with Crippen molar-refractivity contribution in [3.8, 4) is 0 Å². The lowest BCUT2D eigenvalue weighted by molar-refractivity contribution is -0.110. The number of anilines is 3. The Balaban J connectivity index is 1.36. The van der Waals surface area contributed by atoms with Crippen LogP contribution in [0.25, 0.3) is 5.57 Å². The third kappa shape index (κ3) is 4.18. The van der Waals surface area contributed by atoms with Crippen molar-refractivity contribution >= 4 is 28.5 Å². The Morgan fingerprint density at radius 1 is 1.18 bits per heavy atom. The van der Waals surface area contributed by atoms with Crippen LogP contribution in [-0.4, -0.2) is 50.2 Å². The standard InChI is InChI=1S/C22H26N4O2/c1-16-14-17(6-7-20(16)23-8-9-26-10-12-28-13-11-26)24-15-19-18-4-2-3-5-21(18)25-22(19)27/h2-7,14-15,23-24H,8-13H2,1H3,(H,25,27). The SMILES string of the molecule is Cc1cc(NC=C2C(=O)Nc3ccccc32)ccc1NCCN1CCOCC1. The molecule has 2 aromatic rings. The van der Waals surface area contributed by atoms with Gasteiger partial charge in [0.25, 0.3) is 5.91 Å². The van der Waals surface area contributed by atoms with Gasteiger partial charge in [0.1, 0.15) is 0 Å². The molecular weight excluding hydrogens is 352 g/mol. The van der Waals surface area contributed by atoms with E-state index in [1.807, 2.05) is 30.3 Å². The molecule has 28 heavy (non-hydrogen) atoms. The molecule has 0 saturated carbocycles. The molecule has 2 aliphatic rings. The normalized spacial score (nSPS) is 18.0. The largest absolute Gasteiger partial charge is 0.384 e. The number of fused-ring (bicyclic) bond motifs is 1. The molecule has 146 valence electrons. The van der Waals surface area contributed by atoms with E-state index in [0.717, 1.165) is 62.0 Å². The third-order valence-electron chi connectivity index (χ3n) is 5.17. The maximum atomic E-state index is 12.2. The van der Waals surface area contributed by atoms with Crippen molar-refractivity contribution in [2.45, 2.75) is 6.92 Å². The van der Waals surface area contributed by atoms with E-state index in [9.17, 15) is 4.79 Å². The fourth-order valence-corrected chi connectivity index (χ4v) is 3.56. The van der Waals surface area contributed by atoms with Gasteiger partial charge in [0.15, 0.2) is 0 Å². The Kier molecular flexibility index (Phi) is 5.60. The van der Waals surface area contributed by atoms with E-state index in [2.05, 4.69) is 39.9 Å². The van der Waals surface area contributed by atoms with Crippen LogP contribution in [0.5, 0.6) is 0 Å². The summed E-state index contributed by atoms with van der Waals surface area (Å²) in [5, 5.41) is 9.66. The van der Waals surface area contributed by atoms with Gasteiger partial charge >= 0.3 is 0 Å². The van der Waals surface area contributed by atoms with E-state index in [-0.39, 0.29) is 5.91 Å². The first-order valence-electron chi connectivity index (χ1n) is 9.73. The zero-order valence-electron chi connectivity index (χ0n) is 16.1. The van der Waals surface area contributed by atoms with Crippen molar-refractivity contribution in [2.24, 2.45) is 0 Å². The zero-order valence-corrected chi connectivity index (χ0v) is 16.1. The van der Waals surface area contributed by atoms with Crippen LogP contribution in [0.2, 0.25) is 0 Å². The maximum absolute atomic E-state index is 12.2. The van der Waals surface area contributed by atoms with Crippen LogP contribution in [0.4, 0.5) is 17.1 Å². The monoisotopic (exact) mass is 378 g/mol. The number of carbonyl (C=O) groups excluding carboxylic acids is 1. The zero-order chi connectivity index (χ0) is 19.3. The van der Waals surface area contributed by atoms with E-state index >= 15 is 0 Å². The number of morpholine rings is 1. The highest BCUT2D eigenvalue weighted by molar-refractivity contribution is 6.31. The molecule has 2 aliphatic heterocycles. The van der Waals surface area contributed by atoms with E-state index in [1.54, 1.807) is 6.20 Å². The quantitative estimate of drug-likeness (QED) is 0.674. The molecule has 0 unspecified atom stereocenters. The smallest absolute Gasteiger partial charge is 0.257 e. The summed E-state index contributed by atoms with van der Waals surface area (Å²) in [5.41, 5.74) is 5.70. The number of carbonyl (C=O) groups is 1. The highest BCUT2D eigenvalue weighted by Gasteiger charge is 2.23. The number of benzene rings is 2. The summed E-state index contributed by atoms with van der Waals surface area (Å²) in [5.74, 6) is -0.0770. The molecule has 0 aromatic heterocycles. The second-order valence-electron chi connectivity index (χ2n) is 7.11. The Morgan fingerprint density at radius 3 is 2.82 bits per heavy atom. The van der Waals surface area contributed by atoms with Gasteiger partial charge in [-0.2, -0.15) is 0 Å². The van der Waals surface area contributed by atoms with Gasteiger partial charge < -0.3 is 20.7 Å². The Labute approximate surface area is 165 Å². The van der Waals surface area contributed by atoms with Gasteiger partial charge in [0, 0.05) is 55.0 Å². The molecule has 6 heteroatoms. The van der Waals surface area contributed by atoms with Crippen LogP contribution in [0.1, 0.15) is 11.1 Å². The lowest BCUT2D eigenvalue weighted by atomic mass is 10.1. The average molecular weight is 378 g/mol. The molecule has 4 rings (SSSR count). The van der Waals surface area contributed by atoms with Crippen molar-refractivity contribution in [3.05, 3.63) is 59.8 Å². The Bertz CT molecular complexity index is 888. The number of ether oxygens (including phenoxy) is 1. The van der Waals surface area contributed by atoms with Crippen LogP contribution < -0.4 is 16.0 Å². The number of nitrogens with zero attached hydrogens (tertiary/aromatic N) is 1. The molecule has 3 N–H and O–H groups in total. The van der Waals surface area contributed by atoms with E-state index < -0.39 is 0 Å².